The van der Waals surface area contributed by atoms with Crippen molar-refractivity contribution in [2.24, 2.45) is 117 Å². The Bertz CT molecular complexity index is 2400. The number of hydrogen-bond acceptors (Lipinski definition) is 16. The molecule has 16 heteroatoms. The van der Waals surface area contributed by atoms with E-state index in [0.29, 0.717) is 55.3 Å². The van der Waals surface area contributed by atoms with Crippen LogP contribution in [0.25, 0.3) is 0 Å². The third kappa shape index (κ3) is 7.94. The molecule has 19 atom stereocenters. The van der Waals surface area contributed by atoms with E-state index in [1.54, 1.807) is 27.7 Å². The molecule has 2 heterocycles. The molecule has 19 unspecified atom stereocenters. The lowest BCUT2D eigenvalue weighted by atomic mass is 9.49. The minimum atomic E-state index is -0.716. The van der Waals surface area contributed by atoms with E-state index in [2.05, 4.69) is 13.8 Å². The van der Waals surface area contributed by atoms with Gasteiger partial charge in [-0.25, -0.2) is 9.59 Å². The van der Waals surface area contributed by atoms with Gasteiger partial charge in [0.25, 0.3) is 0 Å². The van der Waals surface area contributed by atoms with Gasteiger partial charge in [0.05, 0.1) is 34.5 Å². The van der Waals surface area contributed by atoms with Gasteiger partial charge in [-0.2, -0.15) is 0 Å². The van der Waals surface area contributed by atoms with Crippen LogP contribution < -0.4 is 0 Å². The Morgan fingerprint density at radius 2 is 1.03 bits per heavy atom. The molecule has 14 rings (SSSR count). The monoisotopic (exact) mass is 1060 g/mol. The summed E-state index contributed by atoms with van der Waals surface area (Å²) < 4.78 is 46.3. The maximum Gasteiger partial charge on any atom is 0.344 e. The van der Waals surface area contributed by atoms with Gasteiger partial charge in [0, 0.05) is 29.6 Å². The summed E-state index contributed by atoms with van der Waals surface area (Å²) in [4.78, 5) is 104. The first kappa shape index (κ1) is 52.5. The number of carbonyl (C=O) groups excluding carboxylic acids is 8. The van der Waals surface area contributed by atoms with Gasteiger partial charge in [-0.15, -0.1) is 0 Å². The second-order valence-electron chi connectivity index (χ2n) is 27.7. The van der Waals surface area contributed by atoms with Gasteiger partial charge in [-0.3, -0.25) is 28.8 Å². The van der Waals surface area contributed by atoms with E-state index in [-0.39, 0.29) is 47.5 Å². The summed E-state index contributed by atoms with van der Waals surface area (Å²) in [6.07, 6.45) is 13.5. The van der Waals surface area contributed by atoms with E-state index in [1.807, 2.05) is 13.8 Å². The molecule has 0 aromatic carbocycles. The lowest BCUT2D eigenvalue weighted by Crippen LogP contribution is -2.60. The highest BCUT2D eigenvalue weighted by molar-refractivity contribution is 5.88. The molecule has 12 saturated carbocycles. The molecule has 16 nitrogen and oxygen atoms in total. The van der Waals surface area contributed by atoms with Crippen LogP contribution in [0.5, 0.6) is 0 Å². The summed E-state index contributed by atoms with van der Waals surface area (Å²) in [5.41, 5.74) is -2.27. The molecule has 0 spiro atoms. The second-order valence-corrected chi connectivity index (χ2v) is 27.7. The summed E-state index contributed by atoms with van der Waals surface area (Å²) in [5.74, 6) is -0.414. The summed E-state index contributed by atoms with van der Waals surface area (Å²) in [5, 5.41) is 0. The van der Waals surface area contributed by atoms with Crippen LogP contribution in [0.4, 0.5) is 0 Å². The van der Waals surface area contributed by atoms with E-state index in [1.165, 1.54) is 32.1 Å². The standard InChI is InChI=1S/C31H42O8.C29H40O8/c1-5-30(3,4)29(35)36-13-20(32)37-25-18-11-17-23(27(33)38-26(17)25)24(18)28(34)39-31(6-2)12-16-10-19(31)22-15-8-7-14(9-15)21(16)22;1-5-28(3,4)27(33)34-13-20(30)35-23-19-12-18-21(25(31)36-24(18)23)22(19)26(32)37-29(6-2)16-8-14-7-15(10-16)11-17(29)9-14/h14-19,21-26H,5-13H2,1-4H3;14-19,21-24H,5-13H2,1-4H3. The van der Waals surface area contributed by atoms with Crippen LogP contribution >= 0.6 is 0 Å². The fourth-order valence-corrected chi connectivity index (χ4v) is 19.9. The van der Waals surface area contributed by atoms with Gasteiger partial charge in [0.1, 0.15) is 35.6 Å². The predicted molar refractivity (Wildman–Crippen MR) is 266 cm³/mol. The zero-order valence-corrected chi connectivity index (χ0v) is 46.0. The number of rotatable bonds is 16. The Balaban J connectivity index is 0.000000153. The molecular weight excluding hydrogens is 977 g/mol. The molecule has 0 radical (unpaired) electrons. The Labute approximate surface area is 446 Å². The summed E-state index contributed by atoms with van der Waals surface area (Å²) >= 11 is 0. The second kappa shape index (κ2) is 18.7. The quantitative estimate of drug-likeness (QED) is 0.0817. The fourth-order valence-electron chi connectivity index (χ4n) is 19.9. The first-order chi connectivity index (χ1) is 36.2. The smallest absolute Gasteiger partial charge is 0.344 e. The minimum Gasteiger partial charge on any atom is -0.459 e. The molecule has 14 fully saturated rings. The number of hydrogen-bond donors (Lipinski definition) is 0. The summed E-state index contributed by atoms with van der Waals surface area (Å²) in [6, 6.07) is 0. The number of fused-ring (bicyclic) bond motifs is 11. The van der Waals surface area contributed by atoms with Gasteiger partial charge in [0.2, 0.25) is 0 Å². The molecule has 0 amide bonds. The molecule has 418 valence electrons. The van der Waals surface area contributed by atoms with Crippen LogP contribution in [-0.2, 0) is 76.3 Å². The van der Waals surface area contributed by atoms with E-state index in [9.17, 15) is 38.4 Å². The fraction of sp³-hybridized carbons (Fsp3) is 0.867. The highest BCUT2D eigenvalue weighted by Crippen LogP contribution is 2.71. The third-order valence-corrected chi connectivity index (χ3v) is 23.8. The first-order valence-corrected chi connectivity index (χ1v) is 29.8. The first-order valence-electron chi connectivity index (χ1n) is 29.8. The molecule has 76 heavy (non-hydrogen) atoms. The highest BCUT2D eigenvalue weighted by Gasteiger charge is 2.74. The van der Waals surface area contributed by atoms with Crippen LogP contribution in [0, 0.1) is 117 Å². The Kier molecular flexibility index (Phi) is 12.9. The van der Waals surface area contributed by atoms with Gasteiger partial charge < -0.3 is 37.9 Å². The molecule has 0 aromatic rings. The lowest BCUT2D eigenvalue weighted by Gasteiger charge is -2.60. The SMILES string of the molecule is CCC(C)(C)C(=O)OCC(=O)OC1C2CC3C1OC(=O)C3C2C(=O)OC1(CC)C2CC3CC(C2)CC1C3.CCC(C)(C)C(=O)OCC(=O)OC1C2CC3C1OC(=O)C3C2C(=O)OC1(CC)CC2CC1C1C3CCC(C3)C21. The van der Waals surface area contributed by atoms with Crippen molar-refractivity contribution >= 4 is 47.8 Å². The molecule has 14 aliphatic rings. The van der Waals surface area contributed by atoms with Gasteiger partial charge in [-0.05, 0) is 184 Å². The van der Waals surface area contributed by atoms with E-state index < -0.39 is 107 Å². The van der Waals surface area contributed by atoms with Crippen molar-refractivity contribution in [1.82, 2.24) is 0 Å². The normalized spacial score (nSPS) is 46.3. The van der Waals surface area contributed by atoms with Gasteiger partial charge in [-0.1, -0.05) is 27.7 Å². The van der Waals surface area contributed by atoms with Crippen molar-refractivity contribution in [2.45, 2.75) is 194 Å². The van der Waals surface area contributed by atoms with Crippen LogP contribution in [0.2, 0.25) is 0 Å². The zero-order chi connectivity index (χ0) is 53.7. The van der Waals surface area contributed by atoms with Crippen molar-refractivity contribution in [3.8, 4) is 0 Å². The number of carbonyl (C=O) groups is 8. The highest BCUT2D eigenvalue weighted by atomic mass is 16.6. The number of ether oxygens (including phenoxy) is 8. The molecule has 2 aliphatic heterocycles. The molecule has 0 N–H and O–H groups in total. The average molecular weight is 1060 g/mol. The Morgan fingerprint density at radius 3 is 1.49 bits per heavy atom. The number of esters is 8. The third-order valence-electron chi connectivity index (χ3n) is 23.8. The van der Waals surface area contributed by atoms with Crippen LogP contribution in [-0.4, -0.2) is 96.6 Å². The van der Waals surface area contributed by atoms with E-state index in [4.69, 9.17) is 37.9 Å². The van der Waals surface area contributed by atoms with Crippen molar-refractivity contribution < 1.29 is 76.3 Å². The lowest BCUT2D eigenvalue weighted by molar-refractivity contribution is -0.218. The van der Waals surface area contributed by atoms with E-state index >= 15 is 0 Å². The van der Waals surface area contributed by atoms with Gasteiger partial charge >= 0.3 is 47.8 Å². The Hall–Kier alpha value is -4.24. The van der Waals surface area contributed by atoms with Crippen LogP contribution in [0.1, 0.15) is 158 Å². The van der Waals surface area contributed by atoms with Crippen molar-refractivity contribution in [2.75, 3.05) is 13.2 Å². The predicted octanol–water partition coefficient (Wildman–Crippen LogP) is 7.91. The summed E-state index contributed by atoms with van der Waals surface area (Å²) in [6.45, 7) is 14.1. The summed E-state index contributed by atoms with van der Waals surface area (Å²) in [7, 11) is 0. The van der Waals surface area contributed by atoms with Crippen molar-refractivity contribution in [3.63, 3.8) is 0 Å². The maximum atomic E-state index is 14.0. The van der Waals surface area contributed by atoms with Crippen LogP contribution in [0.15, 0.2) is 0 Å². The molecule has 2 saturated heterocycles. The van der Waals surface area contributed by atoms with Crippen molar-refractivity contribution in [1.29, 1.82) is 0 Å². The van der Waals surface area contributed by atoms with Gasteiger partial charge in [0.15, 0.2) is 13.2 Å². The van der Waals surface area contributed by atoms with Crippen LogP contribution in [0.3, 0.4) is 0 Å². The van der Waals surface area contributed by atoms with Crippen molar-refractivity contribution in [3.05, 3.63) is 0 Å². The topological polar surface area (TPSA) is 210 Å². The maximum absolute atomic E-state index is 14.0. The molecular formula is C60H82O16. The van der Waals surface area contributed by atoms with E-state index in [0.717, 1.165) is 74.5 Å². The molecule has 0 aromatic heterocycles. The molecule has 12 bridgehead atoms. The zero-order valence-electron chi connectivity index (χ0n) is 46.0. The Morgan fingerprint density at radius 1 is 0.553 bits per heavy atom. The average Bonchev–Trinajstić information content (AvgIpc) is 4.45. The largest absolute Gasteiger partial charge is 0.459 e. The minimum absolute atomic E-state index is 0.146. The molecule has 12 aliphatic carbocycles.